The zero-order valence-electron chi connectivity index (χ0n) is 10.6. The normalized spacial score (nSPS) is 11.8. The highest BCUT2D eigenvalue weighted by Gasteiger charge is 2.33. The molecule has 0 atom stereocenters. The molecule has 2 aromatic rings. The Morgan fingerprint density at radius 3 is 2.38 bits per heavy atom. The number of hydrazone groups is 1. The third-order valence-electron chi connectivity index (χ3n) is 2.48. The van der Waals surface area contributed by atoms with Crippen molar-refractivity contribution >= 4 is 29.8 Å². The van der Waals surface area contributed by atoms with Crippen molar-refractivity contribution in [2.75, 3.05) is 0 Å². The summed E-state index contributed by atoms with van der Waals surface area (Å²) >= 11 is 6.54. The molecule has 1 N–H and O–H groups in total. The molecule has 0 aliphatic heterocycles. The summed E-state index contributed by atoms with van der Waals surface area (Å²) in [6.45, 7) is 0. The Morgan fingerprint density at radius 2 is 1.71 bits per heavy atom. The van der Waals surface area contributed by atoms with Crippen molar-refractivity contribution in [3.8, 4) is 0 Å². The van der Waals surface area contributed by atoms with Crippen molar-refractivity contribution in [1.82, 2.24) is 4.83 Å². The van der Waals surface area contributed by atoms with Gasteiger partial charge in [0.25, 0.3) is 0 Å². The predicted molar refractivity (Wildman–Crippen MR) is 79.5 cm³/mol. The Morgan fingerprint density at radius 1 is 1.05 bits per heavy atom. The van der Waals surface area contributed by atoms with E-state index in [4.69, 9.17) is 11.6 Å². The highest BCUT2D eigenvalue weighted by molar-refractivity contribution is 7.97. The van der Waals surface area contributed by atoms with Gasteiger partial charge < -0.3 is 0 Å². The van der Waals surface area contributed by atoms with Crippen LogP contribution in [0.4, 0.5) is 13.2 Å². The summed E-state index contributed by atoms with van der Waals surface area (Å²) < 4.78 is 38.3. The maximum Gasteiger partial charge on any atom is 0.417 e. The van der Waals surface area contributed by atoms with Crippen molar-refractivity contribution in [3.05, 3.63) is 64.7 Å². The zero-order valence-corrected chi connectivity index (χ0v) is 12.1. The van der Waals surface area contributed by atoms with Crippen LogP contribution in [-0.4, -0.2) is 6.21 Å². The summed E-state index contributed by atoms with van der Waals surface area (Å²) in [5, 5.41) is 4.47. The highest BCUT2D eigenvalue weighted by Crippen LogP contribution is 2.35. The van der Waals surface area contributed by atoms with Crippen molar-refractivity contribution in [1.29, 1.82) is 0 Å². The second-order valence-electron chi connectivity index (χ2n) is 4.00. The maximum atomic E-state index is 12.8. The smallest absolute Gasteiger partial charge is 0.247 e. The molecule has 0 aromatic heterocycles. The largest absolute Gasteiger partial charge is 0.417 e. The van der Waals surface area contributed by atoms with Gasteiger partial charge in [0.15, 0.2) is 0 Å². The minimum absolute atomic E-state index is 0.0678. The number of rotatable bonds is 4. The highest BCUT2D eigenvalue weighted by atomic mass is 35.5. The molecule has 0 fully saturated rings. The Labute approximate surface area is 129 Å². The summed E-state index contributed by atoms with van der Waals surface area (Å²) in [6, 6.07) is 12.2. The fourth-order valence-electron chi connectivity index (χ4n) is 1.52. The third-order valence-corrected chi connectivity index (χ3v) is 3.51. The third kappa shape index (κ3) is 4.68. The molecule has 0 amide bonds. The van der Waals surface area contributed by atoms with E-state index < -0.39 is 11.7 Å². The van der Waals surface area contributed by atoms with Crippen molar-refractivity contribution in [3.63, 3.8) is 0 Å². The van der Waals surface area contributed by atoms with E-state index in [2.05, 4.69) is 9.93 Å². The van der Waals surface area contributed by atoms with Crippen molar-refractivity contribution in [2.45, 2.75) is 11.1 Å². The minimum Gasteiger partial charge on any atom is -0.247 e. The molecular formula is C14H10ClF3N2S. The van der Waals surface area contributed by atoms with E-state index in [-0.39, 0.29) is 4.90 Å². The summed E-state index contributed by atoms with van der Waals surface area (Å²) in [4.78, 5) is 2.60. The van der Waals surface area contributed by atoms with Crippen LogP contribution in [0, 0.1) is 0 Å². The van der Waals surface area contributed by atoms with Crippen LogP contribution in [0.3, 0.4) is 0 Å². The molecule has 0 saturated carbocycles. The molecule has 21 heavy (non-hydrogen) atoms. The molecule has 0 unspecified atom stereocenters. The molecule has 0 spiro atoms. The minimum atomic E-state index is -4.38. The standard InChI is InChI=1S/C14H10ClF3N2S/c15-11-7-5-10(6-8-11)9-19-20-21-13-4-2-1-3-12(13)14(16,17)18/h1-9,20H/b19-9+. The zero-order chi connectivity index (χ0) is 15.3. The molecule has 0 radical (unpaired) electrons. The second-order valence-corrected chi connectivity index (χ2v) is 5.26. The summed E-state index contributed by atoms with van der Waals surface area (Å²) in [7, 11) is 0. The van der Waals surface area contributed by atoms with Crippen molar-refractivity contribution < 1.29 is 13.2 Å². The fourth-order valence-corrected chi connectivity index (χ4v) is 2.29. The second kappa shape index (κ2) is 6.87. The molecule has 110 valence electrons. The molecule has 7 heteroatoms. The monoisotopic (exact) mass is 330 g/mol. The quantitative estimate of drug-likeness (QED) is 0.485. The van der Waals surface area contributed by atoms with Crippen LogP contribution in [0.1, 0.15) is 11.1 Å². The van der Waals surface area contributed by atoms with E-state index in [0.29, 0.717) is 5.02 Å². The van der Waals surface area contributed by atoms with Gasteiger partial charge in [0.05, 0.1) is 11.8 Å². The van der Waals surface area contributed by atoms with Crippen LogP contribution >= 0.6 is 23.5 Å². The SMILES string of the molecule is FC(F)(F)c1ccccc1SN/N=C/c1ccc(Cl)cc1. The molecular weight excluding hydrogens is 321 g/mol. The first kappa shape index (κ1) is 15.7. The lowest BCUT2D eigenvalue weighted by atomic mass is 10.2. The number of alkyl halides is 3. The molecule has 0 aliphatic carbocycles. The van der Waals surface area contributed by atoms with E-state index in [1.807, 2.05) is 0 Å². The lowest BCUT2D eigenvalue weighted by Gasteiger charge is -2.10. The number of benzene rings is 2. The summed E-state index contributed by atoms with van der Waals surface area (Å²) in [5.41, 5.74) is 0.0980. The number of nitrogens with zero attached hydrogens (tertiary/aromatic N) is 1. The Bertz CT molecular complexity index is 627. The number of nitrogens with one attached hydrogen (secondary N) is 1. The topological polar surface area (TPSA) is 24.4 Å². The van der Waals surface area contributed by atoms with Crippen LogP contribution in [0.25, 0.3) is 0 Å². The van der Waals surface area contributed by atoms with Gasteiger partial charge in [0.1, 0.15) is 0 Å². The van der Waals surface area contributed by atoms with Gasteiger partial charge in [-0.15, -0.1) is 0 Å². The van der Waals surface area contributed by atoms with Gasteiger partial charge in [-0.2, -0.15) is 18.3 Å². The number of halogens is 4. The molecule has 0 aliphatic rings. The van der Waals surface area contributed by atoms with Crippen LogP contribution in [-0.2, 0) is 6.18 Å². The van der Waals surface area contributed by atoms with Crippen LogP contribution in [0.15, 0.2) is 58.5 Å². The van der Waals surface area contributed by atoms with Gasteiger partial charge in [-0.25, -0.2) is 4.83 Å². The lowest BCUT2D eigenvalue weighted by molar-refractivity contribution is -0.139. The van der Waals surface area contributed by atoms with E-state index in [1.165, 1.54) is 18.3 Å². The van der Waals surface area contributed by atoms with E-state index in [1.54, 1.807) is 30.3 Å². The average molecular weight is 331 g/mol. The molecule has 2 rings (SSSR count). The van der Waals surface area contributed by atoms with Gasteiger partial charge in [0, 0.05) is 21.9 Å². The molecule has 2 nitrogen and oxygen atoms in total. The van der Waals surface area contributed by atoms with Crippen LogP contribution < -0.4 is 4.83 Å². The molecule has 0 bridgehead atoms. The van der Waals surface area contributed by atoms with Gasteiger partial charge in [-0.3, -0.25) is 0 Å². The fraction of sp³-hybridized carbons (Fsp3) is 0.0714. The number of hydrogen-bond donors (Lipinski definition) is 1. The van der Waals surface area contributed by atoms with Crippen molar-refractivity contribution in [2.24, 2.45) is 5.10 Å². The average Bonchev–Trinajstić information content (AvgIpc) is 2.45. The summed E-state index contributed by atoms with van der Waals surface area (Å²) in [5.74, 6) is 0. The van der Waals surface area contributed by atoms with E-state index >= 15 is 0 Å². The van der Waals surface area contributed by atoms with Crippen LogP contribution in [0.5, 0.6) is 0 Å². The molecule has 2 aromatic carbocycles. The molecule has 0 heterocycles. The first-order valence-corrected chi connectivity index (χ1v) is 7.03. The van der Waals surface area contributed by atoms with E-state index in [9.17, 15) is 13.2 Å². The summed E-state index contributed by atoms with van der Waals surface area (Å²) in [6.07, 6.45) is -2.88. The first-order chi connectivity index (χ1) is 9.97. The Balaban J connectivity index is 1.99. The lowest BCUT2D eigenvalue weighted by Crippen LogP contribution is -2.07. The maximum absolute atomic E-state index is 12.8. The predicted octanol–water partition coefficient (Wildman–Crippen LogP) is 4.99. The van der Waals surface area contributed by atoms with Crippen LogP contribution in [0.2, 0.25) is 5.02 Å². The van der Waals surface area contributed by atoms with Gasteiger partial charge >= 0.3 is 6.18 Å². The Kier molecular flexibility index (Phi) is 5.14. The van der Waals surface area contributed by atoms with Gasteiger partial charge in [0.2, 0.25) is 0 Å². The van der Waals surface area contributed by atoms with Gasteiger partial charge in [-0.05, 0) is 29.8 Å². The Hall–Kier alpha value is -1.66. The van der Waals surface area contributed by atoms with E-state index in [0.717, 1.165) is 23.6 Å². The first-order valence-electron chi connectivity index (χ1n) is 5.83. The molecule has 0 saturated heterocycles. The van der Waals surface area contributed by atoms with Gasteiger partial charge in [-0.1, -0.05) is 35.9 Å². The number of hydrogen-bond acceptors (Lipinski definition) is 3.